The lowest BCUT2D eigenvalue weighted by Gasteiger charge is -2.43. The minimum atomic E-state index is -0.455. The molecule has 4 aliphatic carbocycles. The van der Waals surface area contributed by atoms with Crippen LogP contribution in [0.15, 0.2) is 212 Å². The van der Waals surface area contributed by atoms with E-state index < -0.39 is 5.41 Å². The van der Waals surface area contributed by atoms with Crippen LogP contribution in [-0.2, 0) is 5.41 Å². The van der Waals surface area contributed by atoms with Gasteiger partial charge in [0.1, 0.15) is 0 Å². The molecule has 0 saturated heterocycles. The van der Waals surface area contributed by atoms with Crippen molar-refractivity contribution in [3.8, 4) is 44.9 Å². The van der Waals surface area contributed by atoms with Crippen molar-refractivity contribution in [1.29, 1.82) is 0 Å². The number of allylic oxidation sites excluding steroid dienone is 4. The SMILES string of the molecule is C1=CC(N(C2=CC=C[C@@H]3Oc4cc5c(cc4OC23)C2(c3ccccc3-c3ccccc32)c2ccccc2-5)c2ccccc2)CC(c2cccc(-c3ccccc3)c2)=C1. The van der Waals surface area contributed by atoms with Gasteiger partial charge in [-0.2, -0.15) is 0 Å². The van der Waals surface area contributed by atoms with Gasteiger partial charge in [0.25, 0.3) is 0 Å². The zero-order valence-electron chi connectivity index (χ0n) is 31.8. The highest BCUT2D eigenvalue weighted by atomic mass is 16.6. The monoisotopic (exact) mass is 745 g/mol. The summed E-state index contributed by atoms with van der Waals surface area (Å²) in [6.45, 7) is 0. The fourth-order valence-corrected chi connectivity index (χ4v) is 10.3. The van der Waals surface area contributed by atoms with Crippen molar-refractivity contribution < 1.29 is 9.47 Å². The molecule has 1 spiro atoms. The fourth-order valence-electron chi connectivity index (χ4n) is 10.3. The topological polar surface area (TPSA) is 21.7 Å². The van der Waals surface area contributed by atoms with Crippen LogP contribution in [0.5, 0.6) is 11.5 Å². The molecule has 3 atom stereocenters. The van der Waals surface area contributed by atoms with Crippen molar-refractivity contribution in [2.24, 2.45) is 0 Å². The summed E-state index contributed by atoms with van der Waals surface area (Å²) in [6, 6.07) is 61.6. The standard InChI is InChI=1S/C55H39NO2/c1-3-16-36(17-4-1)37-18-13-19-38(32-37)39-20-14-23-41(33-39)56(40-21-5-2-6-22-40)50-30-15-31-51-54(50)58-53-35-49-45(34-52(53)57-51)44-26-9-12-29-48(44)55(49)46-27-10-7-24-42(46)43-25-8-11-28-47(43)55/h1-32,34-35,41,51,54H,33H2/t41?,51-,54?/m0/s1. The number of para-hydroxylation sites is 1. The maximum absolute atomic E-state index is 7.30. The van der Waals surface area contributed by atoms with E-state index in [0.717, 1.165) is 29.3 Å². The first-order valence-electron chi connectivity index (χ1n) is 20.3. The van der Waals surface area contributed by atoms with Crippen LogP contribution in [0.1, 0.15) is 34.2 Å². The van der Waals surface area contributed by atoms with Gasteiger partial charge in [-0.15, -0.1) is 0 Å². The van der Waals surface area contributed by atoms with E-state index in [4.69, 9.17) is 9.47 Å². The van der Waals surface area contributed by atoms with Gasteiger partial charge in [-0.25, -0.2) is 0 Å². The maximum atomic E-state index is 7.30. The smallest absolute Gasteiger partial charge is 0.179 e. The molecule has 0 saturated carbocycles. The first kappa shape index (κ1) is 33.1. The molecule has 2 unspecified atom stereocenters. The maximum Gasteiger partial charge on any atom is 0.179 e. The normalized spacial score (nSPS) is 19.6. The Morgan fingerprint density at radius 1 is 0.466 bits per heavy atom. The van der Waals surface area contributed by atoms with Gasteiger partial charge in [0.2, 0.25) is 0 Å². The number of benzene rings is 7. The third-order valence-corrected chi connectivity index (χ3v) is 12.8. The molecule has 1 aliphatic heterocycles. The highest BCUT2D eigenvalue weighted by molar-refractivity contribution is 5.95. The van der Waals surface area contributed by atoms with Crippen molar-refractivity contribution in [1.82, 2.24) is 0 Å². The summed E-state index contributed by atoms with van der Waals surface area (Å²) >= 11 is 0. The van der Waals surface area contributed by atoms with Crippen LogP contribution < -0.4 is 14.4 Å². The first-order chi connectivity index (χ1) is 28.8. The zero-order chi connectivity index (χ0) is 38.2. The summed E-state index contributed by atoms with van der Waals surface area (Å²) in [6.07, 6.45) is 13.5. The average Bonchev–Trinajstić information content (AvgIpc) is 3.75. The number of hydrogen-bond acceptors (Lipinski definition) is 3. The molecule has 1 heterocycles. The second-order valence-corrected chi connectivity index (χ2v) is 15.8. The summed E-state index contributed by atoms with van der Waals surface area (Å²) in [5, 5.41) is 0. The van der Waals surface area contributed by atoms with Crippen molar-refractivity contribution in [2.75, 3.05) is 4.90 Å². The lowest BCUT2D eigenvalue weighted by molar-refractivity contribution is 0.0662. The number of rotatable bonds is 5. The van der Waals surface area contributed by atoms with Crippen LogP contribution in [0.3, 0.4) is 0 Å². The van der Waals surface area contributed by atoms with E-state index in [0.29, 0.717) is 0 Å². The number of hydrogen-bond donors (Lipinski definition) is 0. The molecule has 276 valence electrons. The third kappa shape index (κ3) is 4.86. The molecule has 7 aromatic rings. The molecular weight excluding hydrogens is 707 g/mol. The molecular formula is C55H39NO2. The van der Waals surface area contributed by atoms with E-state index >= 15 is 0 Å². The van der Waals surface area contributed by atoms with E-state index in [-0.39, 0.29) is 18.2 Å². The van der Waals surface area contributed by atoms with Gasteiger partial charge >= 0.3 is 0 Å². The Kier molecular flexibility index (Phi) is 7.40. The van der Waals surface area contributed by atoms with Crippen LogP contribution >= 0.6 is 0 Å². The van der Waals surface area contributed by atoms with Crippen LogP contribution in [0.2, 0.25) is 0 Å². The molecule has 0 bridgehead atoms. The average molecular weight is 746 g/mol. The second kappa shape index (κ2) is 13.0. The highest BCUT2D eigenvalue weighted by Gasteiger charge is 2.52. The molecule has 7 aromatic carbocycles. The summed E-state index contributed by atoms with van der Waals surface area (Å²) < 4.78 is 14.3. The van der Waals surface area contributed by atoms with Gasteiger partial charge in [0.15, 0.2) is 23.7 Å². The van der Waals surface area contributed by atoms with Gasteiger partial charge in [0.05, 0.1) is 17.2 Å². The van der Waals surface area contributed by atoms with E-state index in [1.165, 1.54) is 66.8 Å². The molecule has 3 heteroatoms. The molecule has 58 heavy (non-hydrogen) atoms. The fraction of sp³-hybridized carbons (Fsp3) is 0.0909. The highest BCUT2D eigenvalue weighted by Crippen LogP contribution is 2.64. The Bertz CT molecular complexity index is 2850. The molecule has 5 aliphatic rings. The van der Waals surface area contributed by atoms with E-state index in [1.54, 1.807) is 0 Å². The molecule has 0 N–H and O–H groups in total. The Morgan fingerprint density at radius 2 is 1.05 bits per heavy atom. The van der Waals surface area contributed by atoms with E-state index in [1.807, 2.05) is 0 Å². The molecule has 0 radical (unpaired) electrons. The van der Waals surface area contributed by atoms with Crippen LogP contribution in [0, 0.1) is 0 Å². The molecule has 3 nitrogen and oxygen atoms in total. The summed E-state index contributed by atoms with van der Waals surface area (Å²) in [4.78, 5) is 2.47. The number of nitrogens with zero attached hydrogens (tertiary/aromatic N) is 1. The van der Waals surface area contributed by atoms with Crippen molar-refractivity contribution in [3.63, 3.8) is 0 Å². The van der Waals surface area contributed by atoms with Crippen LogP contribution in [-0.4, -0.2) is 18.2 Å². The van der Waals surface area contributed by atoms with E-state index in [9.17, 15) is 0 Å². The quantitative estimate of drug-likeness (QED) is 0.175. The lowest BCUT2D eigenvalue weighted by atomic mass is 9.70. The Morgan fingerprint density at radius 3 is 1.78 bits per heavy atom. The predicted octanol–water partition coefficient (Wildman–Crippen LogP) is 12.6. The lowest BCUT2D eigenvalue weighted by Crippen LogP contribution is -2.48. The second-order valence-electron chi connectivity index (χ2n) is 15.8. The largest absolute Gasteiger partial charge is 0.478 e. The first-order valence-corrected chi connectivity index (χ1v) is 20.3. The minimum absolute atomic E-state index is 0.0514. The van der Waals surface area contributed by atoms with Gasteiger partial charge in [-0.3, -0.25) is 0 Å². The van der Waals surface area contributed by atoms with Crippen molar-refractivity contribution in [2.45, 2.75) is 30.1 Å². The Labute approximate surface area is 339 Å². The van der Waals surface area contributed by atoms with Gasteiger partial charge in [-0.1, -0.05) is 164 Å². The van der Waals surface area contributed by atoms with Gasteiger partial charge < -0.3 is 14.4 Å². The third-order valence-electron chi connectivity index (χ3n) is 12.8. The Balaban J connectivity index is 0.942. The van der Waals surface area contributed by atoms with Crippen LogP contribution in [0.4, 0.5) is 5.69 Å². The number of anilines is 1. The van der Waals surface area contributed by atoms with Crippen molar-refractivity contribution in [3.05, 3.63) is 240 Å². The van der Waals surface area contributed by atoms with Crippen LogP contribution in [0.25, 0.3) is 39.0 Å². The summed E-state index contributed by atoms with van der Waals surface area (Å²) in [5.74, 6) is 1.56. The van der Waals surface area contributed by atoms with Crippen molar-refractivity contribution >= 4 is 11.3 Å². The molecule has 12 rings (SSSR count). The van der Waals surface area contributed by atoms with Gasteiger partial charge in [0, 0.05) is 5.69 Å². The summed E-state index contributed by atoms with van der Waals surface area (Å²) in [7, 11) is 0. The zero-order valence-corrected chi connectivity index (χ0v) is 31.8. The van der Waals surface area contributed by atoms with E-state index in [2.05, 4.69) is 211 Å². The number of ether oxygens (including phenoxy) is 2. The molecule has 0 amide bonds. The predicted molar refractivity (Wildman–Crippen MR) is 235 cm³/mol. The minimum Gasteiger partial charge on any atom is -0.478 e. The molecule has 0 aromatic heterocycles. The Hall–Kier alpha value is -7.10. The van der Waals surface area contributed by atoms with Gasteiger partial charge in [-0.05, 0) is 116 Å². The summed E-state index contributed by atoms with van der Waals surface area (Å²) in [5.41, 5.74) is 16.9. The molecule has 0 fully saturated rings. The number of fused-ring (bicyclic) bond motifs is 12.